The second-order valence-corrected chi connectivity index (χ2v) is 21.2. The second-order valence-electron chi connectivity index (χ2n) is 20.1. The molecule has 0 atom stereocenters. The molecule has 0 amide bonds. The van der Waals surface area contributed by atoms with Crippen molar-refractivity contribution in [2.24, 2.45) is 0 Å². The van der Waals surface area contributed by atoms with E-state index in [-0.39, 0.29) is 17.7 Å². The molecule has 6 heterocycles. The monoisotopic (exact) mass is 842 g/mol. The van der Waals surface area contributed by atoms with Gasteiger partial charge in [0.1, 0.15) is 22.5 Å². The molecule has 14 rings (SSSR count). The highest BCUT2D eigenvalue weighted by Crippen LogP contribution is 2.50. The zero-order valence-electron chi connectivity index (χ0n) is 36.6. The van der Waals surface area contributed by atoms with E-state index >= 15 is 0 Å². The van der Waals surface area contributed by atoms with E-state index in [2.05, 4.69) is 203 Å². The number of rotatable bonds is 2. The fourth-order valence-electron chi connectivity index (χ4n) is 11.0. The van der Waals surface area contributed by atoms with Gasteiger partial charge in [0.05, 0.1) is 11.0 Å². The molecule has 4 aromatic heterocycles. The van der Waals surface area contributed by atoms with Crippen LogP contribution in [-0.4, -0.2) is 11.4 Å². The van der Waals surface area contributed by atoms with Gasteiger partial charge < -0.3 is 18.2 Å². The van der Waals surface area contributed by atoms with Crippen LogP contribution in [0.4, 0.5) is 11.4 Å². The van der Waals surface area contributed by atoms with Crippen molar-refractivity contribution in [2.45, 2.75) is 52.4 Å². The smallest absolute Gasteiger partial charge is 0.333 e. The Morgan fingerprint density at radius 3 is 2.06 bits per heavy atom. The molecule has 0 saturated heterocycles. The lowest BCUT2D eigenvalue weighted by atomic mass is 9.44. The lowest BCUT2D eigenvalue weighted by Gasteiger charge is -2.42. The molecule has 2 aliphatic rings. The number of furan rings is 2. The largest absolute Gasteiger partial charge is 0.456 e. The number of hydrogen-bond acceptors (Lipinski definition) is 4. The first-order valence-electron chi connectivity index (χ1n) is 22.4. The van der Waals surface area contributed by atoms with Crippen LogP contribution in [0.3, 0.4) is 0 Å². The lowest BCUT2D eigenvalue weighted by Crippen LogP contribution is -2.60. The van der Waals surface area contributed by atoms with Gasteiger partial charge in [-0.3, -0.25) is 0 Å². The summed E-state index contributed by atoms with van der Waals surface area (Å²) in [6.07, 6.45) is 0. The Morgan fingerprint density at radius 1 is 0.500 bits per heavy atom. The van der Waals surface area contributed by atoms with E-state index in [9.17, 15) is 0 Å². The van der Waals surface area contributed by atoms with Crippen molar-refractivity contribution in [3.05, 3.63) is 163 Å². The van der Waals surface area contributed by atoms with Gasteiger partial charge in [-0.2, -0.15) is 0 Å². The molecule has 0 spiro atoms. The third kappa shape index (κ3) is 4.95. The van der Waals surface area contributed by atoms with Crippen LogP contribution in [0, 0.1) is 0 Å². The Kier molecular flexibility index (Phi) is 7.05. The topological polar surface area (TPSA) is 34.5 Å². The standard InChI is InChI=1S/C58H43BN2O2S/c1-57(2,3)34-16-19-36(20-17-34)61-47-31-54-44(38-21-18-35(58(4,5)6)26-53(38)64-54)28-41(47)39-22-23-40-42-27-43-37-14-10-11-15-49(37)62-52(43)30-46(42)60-48-24-33-25-50(32-12-8-7-9-13-32)63-51(33)29-45(48)59(61)55(39)56(40)60/h7-31H,1-6H3. The number of para-hydroxylation sites is 1. The fourth-order valence-corrected chi connectivity index (χ4v) is 12.2. The number of hydrogen-bond donors (Lipinski definition) is 0. The van der Waals surface area contributed by atoms with E-state index < -0.39 is 0 Å². The van der Waals surface area contributed by atoms with Crippen LogP contribution < -0.4 is 15.7 Å². The van der Waals surface area contributed by atoms with Gasteiger partial charge in [0.15, 0.2) is 0 Å². The SMILES string of the molecule is CC(C)(C)c1ccc(N2B3c4cc5oc(-c6ccccc6)cc5cc4-n4c5cc6oc7ccccc7c6cc5c5ccc(c3c54)-c3cc4c(cc32)sc2cc(C(C)(C)C)ccc24)cc1. The lowest BCUT2D eigenvalue weighted by molar-refractivity contribution is 0.590. The highest BCUT2D eigenvalue weighted by molar-refractivity contribution is 7.25. The molecular formula is C58H43BN2O2S. The molecule has 8 aromatic carbocycles. The highest BCUT2D eigenvalue weighted by Gasteiger charge is 2.44. The van der Waals surface area contributed by atoms with Crippen molar-refractivity contribution in [3.63, 3.8) is 0 Å². The molecule has 12 aromatic rings. The third-order valence-corrected chi connectivity index (χ3v) is 15.4. The zero-order chi connectivity index (χ0) is 43.0. The molecule has 0 unspecified atom stereocenters. The quantitative estimate of drug-likeness (QED) is 0.163. The van der Waals surface area contributed by atoms with Crippen molar-refractivity contribution >= 4 is 115 Å². The fraction of sp³-hybridized carbons (Fsp3) is 0.138. The minimum atomic E-state index is -0.142. The van der Waals surface area contributed by atoms with Crippen molar-refractivity contribution in [1.82, 2.24) is 4.57 Å². The Morgan fingerprint density at radius 2 is 1.25 bits per heavy atom. The molecule has 6 heteroatoms. The van der Waals surface area contributed by atoms with E-state index in [1.807, 2.05) is 11.3 Å². The maximum atomic E-state index is 6.83. The molecule has 4 nitrogen and oxygen atoms in total. The van der Waals surface area contributed by atoms with Crippen LogP contribution in [0.25, 0.3) is 103 Å². The van der Waals surface area contributed by atoms with Gasteiger partial charge in [-0.1, -0.05) is 126 Å². The molecule has 0 N–H and O–H groups in total. The van der Waals surface area contributed by atoms with Crippen LogP contribution in [0.1, 0.15) is 52.7 Å². The average molecular weight is 843 g/mol. The number of benzene rings is 8. The van der Waals surface area contributed by atoms with Crippen LogP contribution in [0.15, 0.2) is 160 Å². The first kappa shape index (κ1) is 36.5. The number of thiophene rings is 1. The second kappa shape index (κ2) is 12.4. The molecular weight excluding hydrogens is 800 g/mol. The Labute approximate surface area is 375 Å². The van der Waals surface area contributed by atoms with Gasteiger partial charge in [-0.05, 0) is 99.1 Å². The maximum absolute atomic E-state index is 6.83. The van der Waals surface area contributed by atoms with Crippen molar-refractivity contribution in [1.29, 1.82) is 0 Å². The minimum absolute atomic E-state index is 0.0243. The summed E-state index contributed by atoms with van der Waals surface area (Å²) >= 11 is 1.91. The van der Waals surface area contributed by atoms with Gasteiger partial charge in [0.25, 0.3) is 0 Å². The molecule has 2 aliphatic heterocycles. The first-order chi connectivity index (χ1) is 31.0. The summed E-state index contributed by atoms with van der Waals surface area (Å²) in [6, 6.07) is 56.7. The zero-order valence-corrected chi connectivity index (χ0v) is 37.4. The molecule has 0 bridgehead atoms. The van der Waals surface area contributed by atoms with E-state index in [0.717, 1.165) is 55.4 Å². The molecule has 306 valence electrons. The summed E-state index contributed by atoms with van der Waals surface area (Å²) in [5, 5.41) is 8.45. The molecule has 0 radical (unpaired) electrons. The predicted molar refractivity (Wildman–Crippen MR) is 273 cm³/mol. The molecule has 0 fully saturated rings. The van der Waals surface area contributed by atoms with Crippen LogP contribution >= 0.6 is 11.3 Å². The number of aromatic nitrogens is 1. The van der Waals surface area contributed by atoms with E-state index in [0.29, 0.717) is 0 Å². The average Bonchev–Trinajstić information content (AvgIpc) is 4.06. The Bertz CT molecular complexity index is 3980. The Balaban J connectivity index is 1.12. The minimum Gasteiger partial charge on any atom is -0.456 e. The van der Waals surface area contributed by atoms with Gasteiger partial charge in [-0.25, -0.2) is 0 Å². The summed E-state index contributed by atoms with van der Waals surface area (Å²) < 4.78 is 18.6. The summed E-state index contributed by atoms with van der Waals surface area (Å²) in [5.41, 5.74) is 17.5. The van der Waals surface area contributed by atoms with Gasteiger partial charge in [-0.15, -0.1) is 11.3 Å². The van der Waals surface area contributed by atoms with Gasteiger partial charge in [0.2, 0.25) is 0 Å². The van der Waals surface area contributed by atoms with Crippen LogP contribution in [0.2, 0.25) is 0 Å². The summed E-state index contributed by atoms with van der Waals surface area (Å²) in [7, 11) is 0. The van der Waals surface area contributed by atoms with Crippen LogP contribution in [0.5, 0.6) is 0 Å². The van der Waals surface area contributed by atoms with Gasteiger partial charge >= 0.3 is 6.85 Å². The van der Waals surface area contributed by atoms with Crippen molar-refractivity contribution < 1.29 is 8.83 Å². The number of anilines is 2. The van der Waals surface area contributed by atoms with E-state index in [1.165, 1.54) is 81.0 Å². The Hall–Kier alpha value is -7.02. The molecule has 64 heavy (non-hydrogen) atoms. The first-order valence-corrected chi connectivity index (χ1v) is 23.2. The molecule has 0 saturated carbocycles. The normalized spacial score (nSPS) is 13.7. The highest BCUT2D eigenvalue weighted by atomic mass is 32.1. The van der Waals surface area contributed by atoms with Gasteiger partial charge in [0, 0.05) is 81.4 Å². The van der Waals surface area contributed by atoms with Crippen LogP contribution in [-0.2, 0) is 10.8 Å². The number of nitrogens with zero attached hydrogens (tertiary/aromatic N) is 2. The summed E-state index contributed by atoms with van der Waals surface area (Å²) in [6.45, 7) is 13.7. The molecule has 0 aliphatic carbocycles. The van der Waals surface area contributed by atoms with Crippen molar-refractivity contribution in [2.75, 3.05) is 4.81 Å². The third-order valence-electron chi connectivity index (χ3n) is 14.3. The van der Waals surface area contributed by atoms with E-state index in [1.54, 1.807) is 0 Å². The summed E-state index contributed by atoms with van der Waals surface area (Å²) in [5.74, 6) is 0.869. The number of fused-ring (bicyclic) bond motifs is 15. The van der Waals surface area contributed by atoms with E-state index in [4.69, 9.17) is 8.83 Å². The maximum Gasteiger partial charge on any atom is 0.333 e. The summed E-state index contributed by atoms with van der Waals surface area (Å²) in [4.78, 5) is 2.64. The predicted octanol–water partition coefficient (Wildman–Crippen LogP) is 15.3. The van der Waals surface area contributed by atoms with Crippen molar-refractivity contribution in [3.8, 4) is 28.1 Å².